The summed E-state index contributed by atoms with van der Waals surface area (Å²) in [6, 6.07) is 4.27. The maximum atomic E-state index is 5.97. The molecule has 2 aliphatic heterocycles. The second kappa shape index (κ2) is 5.27. The van der Waals surface area contributed by atoms with Crippen LogP contribution < -0.4 is 19.9 Å². The van der Waals surface area contributed by atoms with Crippen molar-refractivity contribution < 1.29 is 14.2 Å². The van der Waals surface area contributed by atoms with Crippen LogP contribution in [0.3, 0.4) is 0 Å². The highest BCUT2D eigenvalue weighted by Crippen LogP contribution is 2.43. The summed E-state index contributed by atoms with van der Waals surface area (Å²) in [5.41, 5.74) is 7.11. The second-order valence-electron chi connectivity index (χ2n) is 4.95. The lowest BCUT2D eigenvalue weighted by Crippen LogP contribution is -2.31. The molecule has 2 N–H and O–H groups in total. The van der Waals surface area contributed by atoms with Crippen LogP contribution in [-0.4, -0.2) is 38.4 Å². The van der Waals surface area contributed by atoms with E-state index in [1.165, 1.54) is 12.8 Å². The topological polar surface area (TPSA) is 57.0 Å². The van der Waals surface area contributed by atoms with Crippen molar-refractivity contribution in [3.63, 3.8) is 0 Å². The molecule has 1 saturated heterocycles. The number of methoxy groups -OCH3 is 1. The molecule has 1 aromatic carbocycles. The van der Waals surface area contributed by atoms with Crippen molar-refractivity contribution in [2.75, 3.05) is 33.5 Å². The molecular formula is C14H20N2O3. The van der Waals surface area contributed by atoms with Gasteiger partial charge in [0.15, 0.2) is 11.5 Å². The highest BCUT2D eigenvalue weighted by molar-refractivity contribution is 5.55. The summed E-state index contributed by atoms with van der Waals surface area (Å²) in [7, 11) is 1.65. The first-order chi connectivity index (χ1) is 9.33. The number of benzene rings is 1. The number of hydrogen-bond donors (Lipinski definition) is 1. The van der Waals surface area contributed by atoms with E-state index in [-0.39, 0.29) is 12.8 Å². The van der Waals surface area contributed by atoms with Gasteiger partial charge in [-0.1, -0.05) is 0 Å². The summed E-state index contributed by atoms with van der Waals surface area (Å²) >= 11 is 0. The van der Waals surface area contributed by atoms with E-state index in [9.17, 15) is 0 Å². The summed E-state index contributed by atoms with van der Waals surface area (Å²) < 4.78 is 16.3. The summed E-state index contributed by atoms with van der Waals surface area (Å²) in [6.45, 7) is 3.08. The Balaban J connectivity index is 1.94. The third-order valence-electron chi connectivity index (χ3n) is 3.87. The van der Waals surface area contributed by atoms with Gasteiger partial charge >= 0.3 is 0 Å². The van der Waals surface area contributed by atoms with Crippen LogP contribution >= 0.6 is 0 Å². The van der Waals surface area contributed by atoms with Gasteiger partial charge in [-0.05, 0) is 43.6 Å². The highest BCUT2D eigenvalue weighted by atomic mass is 16.7. The van der Waals surface area contributed by atoms with Crippen molar-refractivity contribution in [1.29, 1.82) is 0 Å². The number of hydrogen-bond acceptors (Lipinski definition) is 5. The summed E-state index contributed by atoms with van der Waals surface area (Å²) in [5, 5.41) is 0. The number of fused-ring (bicyclic) bond motifs is 1. The average Bonchev–Trinajstić information content (AvgIpc) is 3.09. The van der Waals surface area contributed by atoms with Gasteiger partial charge in [0.25, 0.3) is 0 Å². The maximum absolute atomic E-state index is 5.97. The molecule has 1 fully saturated rings. The number of nitrogens with zero attached hydrogens (tertiary/aromatic N) is 1. The van der Waals surface area contributed by atoms with Crippen molar-refractivity contribution in [2.45, 2.75) is 18.9 Å². The highest BCUT2D eigenvalue weighted by Gasteiger charge is 2.27. The largest absolute Gasteiger partial charge is 0.493 e. The van der Waals surface area contributed by atoms with Gasteiger partial charge in [0, 0.05) is 12.6 Å². The van der Waals surface area contributed by atoms with Crippen LogP contribution in [0.5, 0.6) is 17.2 Å². The van der Waals surface area contributed by atoms with Crippen molar-refractivity contribution >= 4 is 0 Å². The third-order valence-corrected chi connectivity index (χ3v) is 3.87. The predicted molar refractivity (Wildman–Crippen MR) is 71.7 cm³/mol. The van der Waals surface area contributed by atoms with E-state index < -0.39 is 0 Å². The van der Waals surface area contributed by atoms with Gasteiger partial charge in [-0.2, -0.15) is 0 Å². The van der Waals surface area contributed by atoms with Crippen LogP contribution in [0, 0.1) is 0 Å². The first-order valence-electron chi connectivity index (χ1n) is 6.75. The Hall–Kier alpha value is -1.46. The molecule has 0 spiro atoms. The zero-order valence-corrected chi connectivity index (χ0v) is 11.2. The molecule has 104 valence electrons. The quantitative estimate of drug-likeness (QED) is 0.893. The minimum atomic E-state index is 0.228. The van der Waals surface area contributed by atoms with Crippen LogP contribution in [0.4, 0.5) is 0 Å². The van der Waals surface area contributed by atoms with Gasteiger partial charge in [-0.3, -0.25) is 4.90 Å². The molecule has 1 aromatic rings. The third kappa shape index (κ3) is 2.24. The Labute approximate surface area is 113 Å². The molecule has 0 saturated carbocycles. The molecule has 0 aliphatic carbocycles. The lowest BCUT2D eigenvalue weighted by molar-refractivity contribution is 0.171. The van der Waals surface area contributed by atoms with Gasteiger partial charge in [0.1, 0.15) is 0 Å². The lowest BCUT2D eigenvalue weighted by atomic mass is 10.0. The van der Waals surface area contributed by atoms with Crippen LogP contribution in [0.25, 0.3) is 0 Å². The van der Waals surface area contributed by atoms with Gasteiger partial charge < -0.3 is 19.9 Å². The normalized spacial score (nSPS) is 19.7. The minimum Gasteiger partial charge on any atom is -0.493 e. The number of likely N-dealkylation sites (tertiary alicyclic amines) is 1. The van der Waals surface area contributed by atoms with Gasteiger partial charge in [0.2, 0.25) is 12.5 Å². The number of nitrogens with two attached hydrogens (primary N) is 1. The zero-order chi connectivity index (χ0) is 13.2. The molecule has 0 radical (unpaired) electrons. The molecule has 2 aliphatic rings. The van der Waals surface area contributed by atoms with Crippen molar-refractivity contribution in [3.05, 3.63) is 17.7 Å². The van der Waals surface area contributed by atoms with E-state index in [0.717, 1.165) is 30.2 Å². The summed E-state index contributed by atoms with van der Waals surface area (Å²) in [4.78, 5) is 2.43. The van der Waals surface area contributed by atoms with E-state index in [0.29, 0.717) is 12.3 Å². The Bertz CT molecular complexity index is 458. The molecule has 3 rings (SSSR count). The van der Waals surface area contributed by atoms with E-state index in [1.807, 2.05) is 12.1 Å². The first kappa shape index (κ1) is 12.6. The van der Waals surface area contributed by atoms with E-state index in [1.54, 1.807) is 7.11 Å². The average molecular weight is 264 g/mol. The van der Waals surface area contributed by atoms with Crippen molar-refractivity contribution in [3.8, 4) is 17.2 Å². The smallest absolute Gasteiger partial charge is 0.231 e. The van der Waals surface area contributed by atoms with Gasteiger partial charge in [-0.15, -0.1) is 0 Å². The van der Waals surface area contributed by atoms with Crippen LogP contribution in [-0.2, 0) is 0 Å². The molecule has 0 bridgehead atoms. The molecule has 19 heavy (non-hydrogen) atoms. The fourth-order valence-corrected chi connectivity index (χ4v) is 2.89. The first-order valence-corrected chi connectivity index (χ1v) is 6.75. The number of rotatable bonds is 4. The molecule has 5 heteroatoms. The summed E-state index contributed by atoms with van der Waals surface area (Å²) in [6.07, 6.45) is 2.50. The lowest BCUT2D eigenvalue weighted by Gasteiger charge is -2.27. The summed E-state index contributed by atoms with van der Waals surface area (Å²) in [5.74, 6) is 2.18. The molecule has 1 atom stereocenters. The van der Waals surface area contributed by atoms with E-state index in [2.05, 4.69) is 4.90 Å². The monoisotopic (exact) mass is 264 g/mol. The molecular weight excluding hydrogens is 244 g/mol. The standard InChI is InChI=1S/C14H20N2O3/c1-17-12-6-10(7-13-14(12)19-9-18-13)11(8-15)16-4-2-3-5-16/h6-7,11H,2-5,8-9,15H2,1H3. The Morgan fingerprint density at radius 1 is 1.32 bits per heavy atom. The Morgan fingerprint density at radius 2 is 2.11 bits per heavy atom. The van der Waals surface area contributed by atoms with Crippen LogP contribution in [0.15, 0.2) is 12.1 Å². The Kier molecular flexibility index (Phi) is 3.48. The van der Waals surface area contributed by atoms with Crippen molar-refractivity contribution in [1.82, 2.24) is 4.90 Å². The fourth-order valence-electron chi connectivity index (χ4n) is 2.89. The number of ether oxygens (including phenoxy) is 3. The SMILES string of the molecule is COc1cc(C(CN)N2CCCC2)cc2c1OCO2. The van der Waals surface area contributed by atoms with Crippen LogP contribution in [0.2, 0.25) is 0 Å². The molecule has 0 amide bonds. The van der Waals surface area contributed by atoms with Crippen molar-refractivity contribution in [2.24, 2.45) is 5.73 Å². The van der Waals surface area contributed by atoms with Crippen LogP contribution in [0.1, 0.15) is 24.4 Å². The molecule has 2 heterocycles. The minimum absolute atomic E-state index is 0.228. The molecule has 5 nitrogen and oxygen atoms in total. The molecule has 1 unspecified atom stereocenters. The predicted octanol–water partition coefficient (Wildman–Crippen LogP) is 1.52. The Morgan fingerprint density at radius 3 is 2.79 bits per heavy atom. The van der Waals surface area contributed by atoms with E-state index in [4.69, 9.17) is 19.9 Å². The van der Waals surface area contributed by atoms with E-state index >= 15 is 0 Å². The maximum Gasteiger partial charge on any atom is 0.231 e. The van der Waals surface area contributed by atoms with Gasteiger partial charge in [-0.25, -0.2) is 0 Å². The van der Waals surface area contributed by atoms with Gasteiger partial charge in [0.05, 0.1) is 7.11 Å². The second-order valence-corrected chi connectivity index (χ2v) is 4.95. The fraction of sp³-hybridized carbons (Fsp3) is 0.571. The molecule has 0 aromatic heterocycles. The zero-order valence-electron chi connectivity index (χ0n) is 11.2.